The molecule has 0 spiro atoms. The third-order valence-corrected chi connectivity index (χ3v) is 7.58. The summed E-state index contributed by atoms with van der Waals surface area (Å²) in [5.41, 5.74) is 0.686. The first-order valence-corrected chi connectivity index (χ1v) is 10.9. The molecule has 7 heteroatoms. The number of aromatic nitrogens is 1. The van der Waals surface area contributed by atoms with Crippen molar-refractivity contribution in [3.63, 3.8) is 0 Å². The molecule has 3 fully saturated rings. The summed E-state index contributed by atoms with van der Waals surface area (Å²) in [6, 6.07) is 10.1. The predicted molar refractivity (Wildman–Crippen MR) is 108 cm³/mol. The van der Waals surface area contributed by atoms with Crippen LogP contribution in [0.3, 0.4) is 0 Å². The highest BCUT2D eigenvalue weighted by Crippen LogP contribution is 2.32. The Morgan fingerprint density at radius 3 is 2.52 bits per heavy atom. The van der Waals surface area contributed by atoms with Crippen LogP contribution < -0.4 is 5.32 Å². The van der Waals surface area contributed by atoms with E-state index in [0.29, 0.717) is 22.4 Å². The second kappa shape index (κ2) is 7.73. The molecule has 1 N–H and O–H groups in total. The van der Waals surface area contributed by atoms with E-state index in [2.05, 4.69) is 21.5 Å². The lowest BCUT2D eigenvalue weighted by atomic mass is 9.79. The Hall–Kier alpha value is -1.70. The largest absolute Gasteiger partial charge is 0.347 e. The van der Waals surface area contributed by atoms with Crippen molar-refractivity contribution in [3.05, 3.63) is 40.8 Å². The number of ketones is 1. The number of hydrogen-bond acceptors (Lipinski definition) is 6. The van der Waals surface area contributed by atoms with E-state index in [-0.39, 0.29) is 17.7 Å². The highest BCUT2D eigenvalue weighted by Gasteiger charge is 2.40. The third-order valence-electron chi connectivity index (χ3n) is 5.65. The number of fused-ring (bicyclic) bond motifs is 3. The van der Waals surface area contributed by atoms with Crippen molar-refractivity contribution < 1.29 is 9.59 Å². The first kappa shape index (κ1) is 18.7. The second-order valence-corrected chi connectivity index (χ2v) is 9.22. The summed E-state index contributed by atoms with van der Waals surface area (Å²) >= 11 is 2.72. The Morgan fingerprint density at radius 1 is 1.22 bits per heavy atom. The Bertz CT molecular complexity index is 839. The van der Waals surface area contributed by atoms with Crippen molar-refractivity contribution in [2.45, 2.75) is 48.7 Å². The number of carbonyl (C=O) groups excluding carboxylic acids is 2. The summed E-state index contributed by atoms with van der Waals surface area (Å²) in [6.45, 7) is 6.09. The van der Waals surface area contributed by atoms with E-state index >= 15 is 0 Å². The standard InChI is InChI=1S/C20H23N3O2S2/c1-12-19(14-7-9-23(12)10-8-14)21-20(25)15-3-5-16(6-4-15)26-18-11-17(13(2)24)27-22-18/h3-6,11-12,14,19H,7-10H2,1-2H3,(H,21,25)/t12-,19-/m0/s1. The molecule has 3 aliphatic heterocycles. The zero-order valence-electron chi connectivity index (χ0n) is 15.5. The van der Waals surface area contributed by atoms with E-state index in [9.17, 15) is 9.59 Å². The minimum atomic E-state index is 0.00433. The molecule has 0 unspecified atom stereocenters. The molecule has 0 radical (unpaired) electrons. The Kier molecular flexibility index (Phi) is 5.34. The summed E-state index contributed by atoms with van der Waals surface area (Å²) in [5.74, 6) is 0.641. The number of nitrogens with zero attached hydrogens (tertiary/aromatic N) is 2. The SMILES string of the molecule is CC(=O)c1cc(Sc2ccc(C(=O)N[C@@H]3C4CCN(CC4)[C@H]3C)cc2)ns1. The van der Waals surface area contributed by atoms with Gasteiger partial charge >= 0.3 is 0 Å². The summed E-state index contributed by atoms with van der Waals surface area (Å²) in [6.07, 6.45) is 2.36. The highest BCUT2D eigenvalue weighted by atomic mass is 32.2. The van der Waals surface area contributed by atoms with Gasteiger partial charge < -0.3 is 5.32 Å². The van der Waals surface area contributed by atoms with E-state index in [1.807, 2.05) is 30.3 Å². The Balaban J connectivity index is 1.39. The van der Waals surface area contributed by atoms with Crippen molar-refractivity contribution >= 4 is 35.0 Å². The van der Waals surface area contributed by atoms with Gasteiger partial charge in [0.1, 0.15) is 5.03 Å². The summed E-state index contributed by atoms with van der Waals surface area (Å²) in [5, 5.41) is 4.07. The van der Waals surface area contributed by atoms with Gasteiger partial charge in [0.15, 0.2) is 5.78 Å². The molecule has 1 aromatic heterocycles. The number of piperidine rings is 3. The van der Waals surface area contributed by atoms with Crippen molar-refractivity contribution in [1.82, 2.24) is 14.6 Å². The van der Waals surface area contributed by atoms with Crippen LogP contribution in [0.5, 0.6) is 0 Å². The quantitative estimate of drug-likeness (QED) is 0.774. The summed E-state index contributed by atoms with van der Waals surface area (Å²) < 4.78 is 4.30. The van der Waals surface area contributed by atoms with E-state index in [1.54, 1.807) is 6.92 Å². The minimum Gasteiger partial charge on any atom is -0.347 e. The van der Waals surface area contributed by atoms with E-state index in [4.69, 9.17) is 0 Å². The molecule has 2 bridgehead atoms. The number of amides is 1. The van der Waals surface area contributed by atoms with Crippen LogP contribution in [0.2, 0.25) is 0 Å². The molecule has 1 amide bonds. The van der Waals surface area contributed by atoms with Gasteiger partial charge in [-0.15, -0.1) is 0 Å². The minimum absolute atomic E-state index is 0.00433. The fraction of sp³-hybridized carbons (Fsp3) is 0.450. The average molecular weight is 402 g/mol. The van der Waals surface area contributed by atoms with Gasteiger partial charge in [-0.2, -0.15) is 4.37 Å². The van der Waals surface area contributed by atoms with Crippen LogP contribution in [0.4, 0.5) is 0 Å². The lowest BCUT2D eigenvalue weighted by Crippen LogP contribution is -2.62. The molecule has 1 aromatic carbocycles. The molecule has 0 saturated carbocycles. The monoisotopic (exact) mass is 401 g/mol. The molecule has 27 heavy (non-hydrogen) atoms. The fourth-order valence-corrected chi connectivity index (χ4v) is 5.61. The number of hydrogen-bond donors (Lipinski definition) is 1. The topological polar surface area (TPSA) is 62.3 Å². The van der Waals surface area contributed by atoms with Gasteiger partial charge in [0.05, 0.1) is 4.88 Å². The number of Topliss-reactive ketones (excluding diaryl/α,β-unsaturated/α-hetero) is 1. The van der Waals surface area contributed by atoms with E-state index in [0.717, 1.165) is 23.0 Å². The average Bonchev–Trinajstić information content (AvgIpc) is 3.14. The molecular formula is C20H23N3O2S2. The molecule has 5 rings (SSSR count). The molecule has 3 saturated heterocycles. The molecule has 2 atom stereocenters. The zero-order chi connectivity index (χ0) is 19.0. The van der Waals surface area contributed by atoms with Crippen molar-refractivity contribution in [3.8, 4) is 0 Å². The molecule has 0 aliphatic carbocycles. The maximum Gasteiger partial charge on any atom is 0.251 e. The van der Waals surface area contributed by atoms with Gasteiger partial charge in [0.25, 0.3) is 5.91 Å². The Morgan fingerprint density at radius 2 is 1.93 bits per heavy atom. The Labute approximate surface area is 167 Å². The molecule has 4 heterocycles. The second-order valence-electron chi connectivity index (χ2n) is 7.33. The van der Waals surface area contributed by atoms with Crippen LogP contribution in [0.15, 0.2) is 40.3 Å². The van der Waals surface area contributed by atoms with Gasteiger partial charge in [0, 0.05) is 29.5 Å². The normalized spacial score (nSPS) is 26.7. The fourth-order valence-electron chi connectivity index (χ4n) is 4.05. The molecule has 2 aromatic rings. The molecular weight excluding hydrogens is 378 g/mol. The van der Waals surface area contributed by atoms with Crippen LogP contribution in [0, 0.1) is 5.92 Å². The molecule has 142 valence electrons. The van der Waals surface area contributed by atoms with Crippen LogP contribution in [0.1, 0.15) is 46.7 Å². The number of carbonyl (C=O) groups is 2. The van der Waals surface area contributed by atoms with Gasteiger partial charge in [-0.25, -0.2) is 0 Å². The van der Waals surface area contributed by atoms with Crippen LogP contribution >= 0.6 is 23.3 Å². The maximum atomic E-state index is 12.7. The van der Waals surface area contributed by atoms with Gasteiger partial charge in [-0.1, -0.05) is 11.8 Å². The maximum absolute atomic E-state index is 12.7. The number of rotatable bonds is 5. The lowest BCUT2D eigenvalue weighted by molar-refractivity contribution is 0.0217. The van der Waals surface area contributed by atoms with E-state index in [1.165, 1.54) is 36.1 Å². The summed E-state index contributed by atoms with van der Waals surface area (Å²) in [4.78, 5) is 28.2. The van der Waals surface area contributed by atoms with Crippen molar-refractivity contribution in [1.29, 1.82) is 0 Å². The van der Waals surface area contributed by atoms with Gasteiger partial charge in [-0.05, 0) is 80.6 Å². The third kappa shape index (κ3) is 3.95. The number of nitrogens with one attached hydrogen (secondary N) is 1. The summed E-state index contributed by atoms with van der Waals surface area (Å²) in [7, 11) is 0. The number of benzene rings is 1. The highest BCUT2D eigenvalue weighted by molar-refractivity contribution is 7.99. The predicted octanol–water partition coefficient (Wildman–Crippen LogP) is 3.71. The van der Waals surface area contributed by atoms with E-state index < -0.39 is 0 Å². The van der Waals surface area contributed by atoms with Gasteiger partial charge in [0.2, 0.25) is 0 Å². The smallest absolute Gasteiger partial charge is 0.251 e. The lowest BCUT2D eigenvalue weighted by Gasteiger charge is -2.49. The molecule has 5 nitrogen and oxygen atoms in total. The van der Waals surface area contributed by atoms with Crippen molar-refractivity contribution in [2.24, 2.45) is 5.92 Å². The van der Waals surface area contributed by atoms with Gasteiger partial charge in [-0.3, -0.25) is 14.5 Å². The molecule has 3 aliphatic rings. The zero-order valence-corrected chi connectivity index (χ0v) is 17.1. The first-order valence-electron chi connectivity index (χ1n) is 9.32. The van der Waals surface area contributed by atoms with Crippen LogP contribution in [-0.2, 0) is 0 Å². The van der Waals surface area contributed by atoms with Crippen molar-refractivity contribution in [2.75, 3.05) is 13.1 Å². The van der Waals surface area contributed by atoms with Crippen LogP contribution in [0.25, 0.3) is 0 Å². The first-order chi connectivity index (χ1) is 13.0. The van der Waals surface area contributed by atoms with Crippen LogP contribution in [-0.4, -0.2) is 46.1 Å².